The third-order valence-electron chi connectivity index (χ3n) is 5.63. The molecule has 0 aromatic heterocycles. The van der Waals surface area contributed by atoms with Gasteiger partial charge in [0, 0.05) is 35.7 Å². The Morgan fingerprint density at radius 2 is 1.76 bits per heavy atom. The summed E-state index contributed by atoms with van der Waals surface area (Å²) >= 11 is 3.47. The molecule has 2 aliphatic heterocycles. The van der Waals surface area contributed by atoms with Crippen LogP contribution in [-0.2, 0) is 21.2 Å². The Bertz CT molecular complexity index is 1090. The number of benzene rings is 2. The number of sulfonamides is 1. The van der Waals surface area contributed by atoms with Gasteiger partial charge in [0.25, 0.3) is 0 Å². The molecule has 2 aromatic carbocycles. The Morgan fingerprint density at radius 3 is 2.41 bits per heavy atom. The molecule has 1 saturated heterocycles. The second kappa shape index (κ2) is 7.90. The highest BCUT2D eigenvalue weighted by molar-refractivity contribution is 9.10. The van der Waals surface area contributed by atoms with Crippen molar-refractivity contribution in [3.8, 4) is 6.07 Å². The molecular weight excluding hydrogens is 454 g/mol. The van der Waals surface area contributed by atoms with E-state index in [9.17, 15) is 13.2 Å². The molecule has 0 bridgehead atoms. The quantitative estimate of drug-likeness (QED) is 0.684. The van der Waals surface area contributed by atoms with Gasteiger partial charge in [-0.1, -0.05) is 15.9 Å². The average molecular weight is 474 g/mol. The van der Waals surface area contributed by atoms with E-state index in [-0.39, 0.29) is 16.7 Å². The number of amides is 1. The molecule has 0 atom stereocenters. The van der Waals surface area contributed by atoms with Gasteiger partial charge in [-0.05, 0) is 67.3 Å². The zero-order valence-corrected chi connectivity index (χ0v) is 18.1. The molecule has 0 unspecified atom stereocenters. The van der Waals surface area contributed by atoms with Crippen molar-refractivity contribution in [1.82, 2.24) is 4.31 Å². The Labute approximate surface area is 178 Å². The van der Waals surface area contributed by atoms with Crippen LogP contribution in [0.15, 0.2) is 51.8 Å². The van der Waals surface area contributed by atoms with E-state index in [0.29, 0.717) is 38.0 Å². The second-order valence-electron chi connectivity index (χ2n) is 7.33. The fourth-order valence-electron chi connectivity index (χ4n) is 4.01. The van der Waals surface area contributed by atoms with Crippen molar-refractivity contribution in [2.24, 2.45) is 5.92 Å². The number of nitriles is 1. The van der Waals surface area contributed by atoms with Crippen LogP contribution in [0.2, 0.25) is 0 Å². The van der Waals surface area contributed by atoms with Gasteiger partial charge in [0.1, 0.15) is 0 Å². The SMILES string of the molecule is N#Cc1ccc(S(=O)(=O)N2CCC(C(=O)N3CCc4cc(Br)ccc43)CC2)cc1. The van der Waals surface area contributed by atoms with Gasteiger partial charge in [0.05, 0.1) is 16.5 Å². The van der Waals surface area contributed by atoms with E-state index in [1.54, 1.807) is 0 Å². The smallest absolute Gasteiger partial charge is 0.243 e. The Hall–Kier alpha value is -2.21. The van der Waals surface area contributed by atoms with Crippen molar-refractivity contribution in [2.75, 3.05) is 24.5 Å². The standard InChI is InChI=1S/C21H20BrN3O3S/c22-18-3-6-20-17(13-18)9-12-25(20)21(26)16-7-10-24(11-8-16)29(27,28)19-4-1-15(14-23)2-5-19/h1-6,13,16H,7-12H2. The predicted octanol–water partition coefficient (Wildman–Crippen LogP) is 3.31. The number of carbonyl (C=O) groups is 1. The fourth-order valence-corrected chi connectivity index (χ4v) is 5.89. The van der Waals surface area contributed by atoms with E-state index in [1.165, 1.54) is 28.6 Å². The zero-order valence-electron chi connectivity index (χ0n) is 15.7. The monoisotopic (exact) mass is 473 g/mol. The molecule has 0 radical (unpaired) electrons. The van der Waals surface area contributed by atoms with Crippen LogP contribution in [0.1, 0.15) is 24.0 Å². The number of anilines is 1. The predicted molar refractivity (Wildman–Crippen MR) is 113 cm³/mol. The fraction of sp³-hybridized carbons (Fsp3) is 0.333. The number of nitrogens with zero attached hydrogens (tertiary/aromatic N) is 3. The number of hydrogen-bond donors (Lipinski definition) is 0. The minimum Gasteiger partial charge on any atom is -0.312 e. The van der Waals surface area contributed by atoms with Gasteiger partial charge >= 0.3 is 0 Å². The number of halogens is 1. The zero-order chi connectivity index (χ0) is 20.6. The maximum Gasteiger partial charge on any atom is 0.243 e. The van der Waals surface area contributed by atoms with Crippen LogP contribution in [0, 0.1) is 17.2 Å². The molecule has 0 N–H and O–H groups in total. The average Bonchev–Trinajstić information content (AvgIpc) is 3.16. The summed E-state index contributed by atoms with van der Waals surface area (Å²) in [5.41, 5.74) is 2.55. The van der Waals surface area contributed by atoms with E-state index in [2.05, 4.69) is 22.0 Å². The molecule has 0 spiro atoms. The van der Waals surface area contributed by atoms with Crippen LogP contribution in [-0.4, -0.2) is 38.3 Å². The van der Waals surface area contributed by atoms with Crippen molar-refractivity contribution >= 4 is 37.5 Å². The van der Waals surface area contributed by atoms with Crippen LogP contribution >= 0.6 is 15.9 Å². The summed E-state index contributed by atoms with van der Waals surface area (Å²) in [7, 11) is -3.61. The van der Waals surface area contributed by atoms with Gasteiger partial charge in [-0.15, -0.1) is 0 Å². The Kier molecular flexibility index (Phi) is 5.47. The second-order valence-corrected chi connectivity index (χ2v) is 10.2. The lowest BCUT2D eigenvalue weighted by Gasteiger charge is -2.32. The maximum atomic E-state index is 13.1. The summed E-state index contributed by atoms with van der Waals surface area (Å²) in [5.74, 6) is -0.0847. The highest BCUT2D eigenvalue weighted by Gasteiger charge is 2.35. The summed E-state index contributed by atoms with van der Waals surface area (Å²) in [6.07, 6.45) is 1.86. The van der Waals surface area contributed by atoms with Crippen molar-refractivity contribution in [1.29, 1.82) is 5.26 Å². The number of rotatable bonds is 3. The molecule has 4 rings (SSSR count). The lowest BCUT2D eigenvalue weighted by atomic mass is 9.96. The Balaban J connectivity index is 1.43. The van der Waals surface area contributed by atoms with Gasteiger partial charge in [-0.25, -0.2) is 8.42 Å². The number of piperidine rings is 1. The van der Waals surface area contributed by atoms with Gasteiger partial charge < -0.3 is 4.90 Å². The van der Waals surface area contributed by atoms with Crippen molar-refractivity contribution < 1.29 is 13.2 Å². The first kappa shape index (κ1) is 20.1. The Morgan fingerprint density at radius 1 is 1.07 bits per heavy atom. The minimum absolute atomic E-state index is 0.0847. The van der Waals surface area contributed by atoms with Gasteiger partial charge in [-0.2, -0.15) is 9.57 Å². The first-order chi connectivity index (χ1) is 13.9. The van der Waals surface area contributed by atoms with Crippen molar-refractivity contribution in [2.45, 2.75) is 24.2 Å². The molecule has 0 saturated carbocycles. The lowest BCUT2D eigenvalue weighted by molar-refractivity contribution is -0.123. The summed E-state index contributed by atoms with van der Waals surface area (Å²) in [6, 6.07) is 13.9. The maximum absolute atomic E-state index is 13.1. The number of carbonyl (C=O) groups excluding carboxylic acids is 1. The van der Waals surface area contributed by atoms with Crippen molar-refractivity contribution in [3.63, 3.8) is 0 Å². The third kappa shape index (κ3) is 3.82. The molecule has 2 aliphatic rings. The molecular formula is C21H20BrN3O3S. The molecule has 6 nitrogen and oxygen atoms in total. The molecule has 1 amide bonds. The number of fused-ring (bicyclic) bond motifs is 1. The summed E-state index contributed by atoms with van der Waals surface area (Å²) in [4.78, 5) is 15.1. The highest BCUT2D eigenvalue weighted by atomic mass is 79.9. The first-order valence-electron chi connectivity index (χ1n) is 9.50. The van der Waals surface area contributed by atoms with Crippen LogP contribution in [0.25, 0.3) is 0 Å². The summed E-state index contributed by atoms with van der Waals surface area (Å²) in [5, 5.41) is 8.88. The molecule has 1 fully saturated rings. The lowest BCUT2D eigenvalue weighted by Crippen LogP contribution is -2.44. The molecule has 2 heterocycles. The van der Waals surface area contributed by atoms with Gasteiger partial charge in [0.2, 0.25) is 15.9 Å². The normalized spacial score (nSPS) is 17.7. The van der Waals surface area contributed by atoms with Crippen molar-refractivity contribution in [3.05, 3.63) is 58.1 Å². The van der Waals surface area contributed by atoms with Gasteiger partial charge in [0.15, 0.2) is 0 Å². The summed E-state index contributed by atoms with van der Waals surface area (Å²) in [6.45, 7) is 1.31. The van der Waals surface area contributed by atoms with E-state index in [4.69, 9.17) is 5.26 Å². The molecule has 2 aromatic rings. The van der Waals surface area contributed by atoms with Crippen LogP contribution in [0.5, 0.6) is 0 Å². The van der Waals surface area contributed by atoms with E-state index in [0.717, 1.165) is 22.1 Å². The number of hydrogen-bond acceptors (Lipinski definition) is 4. The molecule has 8 heteroatoms. The van der Waals surface area contributed by atoms with E-state index < -0.39 is 10.0 Å². The topological polar surface area (TPSA) is 81.5 Å². The molecule has 29 heavy (non-hydrogen) atoms. The molecule has 150 valence electrons. The van der Waals surface area contributed by atoms with Crippen LogP contribution in [0.3, 0.4) is 0 Å². The highest BCUT2D eigenvalue weighted by Crippen LogP contribution is 2.33. The minimum atomic E-state index is -3.61. The van der Waals surface area contributed by atoms with Gasteiger partial charge in [-0.3, -0.25) is 4.79 Å². The van der Waals surface area contributed by atoms with Crippen LogP contribution in [0.4, 0.5) is 5.69 Å². The van der Waals surface area contributed by atoms with Crippen LogP contribution < -0.4 is 4.90 Å². The molecule has 0 aliphatic carbocycles. The largest absolute Gasteiger partial charge is 0.312 e. The first-order valence-corrected chi connectivity index (χ1v) is 11.7. The van der Waals surface area contributed by atoms with E-state index >= 15 is 0 Å². The summed E-state index contributed by atoms with van der Waals surface area (Å²) < 4.78 is 28.2. The third-order valence-corrected chi connectivity index (χ3v) is 8.03. The van der Waals surface area contributed by atoms with E-state index in [1.807, 2.05) is 23.1 Å².